The van der Waals surface area contributed by atoms with Crippen molar-refractivity contribution in [1.29, 1.82) is 0 Å². The Bertz CT molecular complexity index is 363. The molecule has 2 rings (SSSR count). The Kier molecular flexibility index (Phi) is 5.41. The Morgan fingerprint density at radius 1 is 1.16 bits per heavy atom. The zero-order valence-electron chi connectivity index (χ0n) is 12.4. The highest BCUT2D eigenvalue weighted by molar-refractivity contribution is 5.25. The fraction of sp³-hybridized carbons (Fsp3) is 0.647. The van der Waals surface area contributed by atoms with Gasteiger partial charge in [-0.1, -0.05) is 37.6 Å². The summed E-state index contributed by atoms with van der Waals surface area (Å²) in [6, 6.07) is 9.89. The molecule has 0 aromatic heterocycles. The van der Waals surface area contributed by atoms with Gasteiger partial charge in [-0.3, -0.25) is 0 Å². The van der Waals surface area contributed by atoms with E-state index in [4.69, 9.17) is 5.73 Å². The molecule has 0 saturated heterocycles. The molecule has 2 heteroatoms. The first-order chi connectivity index (χ1) is 9.24. The summed E-state index contributed by atoms with van der Waals surface area (Å²) in [6.07, 6.45) is 7.42. The number of hydrogen-bond donors (Lipinski definition) is 2. The van der Waals surface area contributed by atoms with Gasteiger partial charge in [0.05, 0.1) is 0 Å². The third-order valence-corrected chi connectivity index (χ3v) is 4.59. The molecule has 1 aromatic rings. The number of nitrogens with one attached hydrogen (secondary N) is 1. The largest absolute Gasteiger partial charge is 0.324 e. The van der Waals surface area contributed by atoms with E-state index in [2.05, 4.69) is 43.6 Å². The Morgan fingerprint density at radius 3 is 2.32 bits per heavy atom. The molecule has 3 N–H and O–H groups in total. The quantitative estimate of drug-likeness (QED) is 0.851. The van der Waals surface area contributed by atoms with Gasteiger partial charge in [-0.15, -0.1) is 0 Å². The predicted octanol–water partition coefficient (Wildman–Crippen LogP) is 3.42. The van der Waals surface area contributed by atoms with E-state index >= 15 is 0 Å². The van der Waals surface area contributed by atoms with Crippen LogP contribution in [0.3, 0.4) is 0 Å². The van der Waals surface area contributed by atoms with Crippen LogP contribution in [0.15, 0.2) is 24.3 Å². The van der Waals surface area contributed by atoms with E-state index in [0.29, 0.717) is 12.0 Å². The van der Waals surface area contributed by atoms with Crippen LogP contribution in [0.4, 0.5) is 0 Å². The van der Waals surface area contributed by atoms with Crippen molar-refractivity contribution in [1.82, 2.24) is 5.32 Å². The first-order valence-corrected chi connectivity index (χ1v) is 7.76. The Labute approximate surface area is 117 Å². The van der Waals surface area contributed by atoms with E-state index in [0.717, 1.165) is 0 Å². The lowest BCUT2D eigenvalue weighted by Gasteiger charge is -2.32. The van der Waals surface area contributed by atoms with Gasteiger partial charge in [-0.2, -0.15) is 0 Å². The molecular formula is C17H28N2. The standard InChI is InChI=1S/C17H28N2/c1-3-4-13-5-7-14(8-6-13)17(18)15-9-11-16(19-2)12-10-15/h5-8,15-17,19H,3-4,9-12,18H2,1-2H3. The second-order valence-corrected chi connectivity index (χ2v) is 5.92. The molecule has 0 bridgehead atoms. The minimum atomic E-state index is 0.216. The third-order valence-electron chi connectivity index (χ3n) is 4.59. The summed E-state index contributed by atoms with van der Waals surface area (Å²) in [5.41, 5.74) is 9.20. The average molecular weight is 260 g/mol. The summed E-state index contributed by atoms with van der Waals surface area (Å²) >= 11 is 0. The fourth-order valence-corrected chi connectivity index (χ4v) is 3.23. The van der Waals surface area contributed by atoms with Crippen molar-refractivity contribution in [2.24, 2.45) is 11.7 Å². The lowest BCUT2D eigenvalue weighted by Crippen LogP contribution is -2.33. The maximum atomic E-state index is 6.46. The smallest absolute Gasteiger partial charge is 0.0323 e. The molecule has 0 amide bonds. The van der Waals surface area contributed by atoms with Gasteiger partial charge in [0.15, 0.2) is 0 Å². The molecule has 0 spiro atoms. The van der Waals surface area contributed by atoms with Gasteiger partial charge in [0.2, 0.25) is 0 Å². The van der Waals surface area contributed by atoms with Crippen LogP contribution in [0.1, 0.15) is 56.2 Å². The van der Waals surface area contributed by atoms with Crippen LogP contribution < -0.4 is 11.1 Å². The number of nitrogens with two attached hydrogens (primary N) is 1. The maximum Gasteiger partial charge on any atom is 0.0323 e. The first kappa shape index (κ1) is 14.5. The van der Waals surface area contributed by atoms with E-state index in [9.17, 15) is 0 Å². The molecule has 1 fully saturated rings. The van der Waals surface area contributed by atoms with E-state index in [-0.39, 0.29) is 6.04 Å². The second kappa shape index (κ2) is 7.06. The Hall–Kier alpha value is -0.860. The van der Waals surface area contributed by atoms with E-state index in [1.165, 1.54) is 49.7 Å². The molecule has 1 aromatic carbocycles. The van der Waals surface area contributed by atoms with Gasteiger partial charge in [-0.25, -0.2) is 0 Å². The lowest BCUT2D eigenvalue weighted by molar-refractivity contribution is 0.267. The zero-order chi connectivity index (χ0) is 13.7. The van der Waals surface area contributed by atoms with Crippen LogP contribution in [-0.2, 0) is 6.42 Å². The van der Waals surface area contributed by atoms with Crippen molar-refractivity contribution in [2.75, 3.05) is 7.05 Å². The Balaban J connectivity index is 1.94. The van der Waals surface area contributed by atoms with Crippen molar-refractivity contribution in [3.8, 4) is 0 Å². The van der Waals surface area contributed by atoms with Gasteiger partial charge in [-0.05, 0) is 56.2 Å². The number of rotatable bonds is 5. The van der Waals surface area contributed by atoms with Crippen molar-refractivity contribution in [3.63, 3.8) is 0 Å². The molecule has 0 radical (unpaired) electrons. The van der Waals surface area contributed by atoms with Crippen LogP contribution in [0.5, 0.6) is 0 Å². The van der Waals surface area contributed by atoms with Gasteiger partial charge in [0, 0.05) is 12.1 Å². The van der Waals surface area contributed by atoms with Gasteiger partial charge >= 0.3 is 0 Å². The molecular weight excluding hydrogens is 232 g/mol. The van der Waals surface area contributed by atoms with Crippen molar-refractivity contribution in [2.45, 2.75) is 57.5 Å². The third kappa shape index (κ3) is 3.80. The highest BCUT2D eigenvalue weighted by atomic mass is 14.9. The molecule has 19 heavy (non-hydrogen) atoms. The van der Waals surface area contributed by atoms with Crippen LogP contribution in [-0.4, -0.2) is 13.1 Å². The molecule has 1 atom stereocenters. The zero-order valence-corrected chi connectivity index (χ0v) is 12.4. The SMILES string of the molecule is CCCc1ccc(C(N)C2CCC(NC)CC2)cc1. The molecule has 1 aliphatic carbocycles. The minimum Gasteiger partial charge on any atom is -0.324 e. The van der Waals surface area contributed by atoms with Crippen molar-refractivity contribution >= 4 is 0 Å². The monoisotopic (exact) mass is 260 g/mol. The second-order valence-electron chi connectivity index (χ2n) is 5.92. The van der Waals surface area contributed by atoms with Crippen molar-refractivity contribution < 1.29 is 0 Å². The first-order valence-electron chi connectivity index (χ1n) is 7.76. The molecule has 1 aliphatic rings. The maximum absolute atomic E-state index is 6.46. The van der Waals surface area contributed by atoms with Gasteiger partial charge in [0.25, 0.3) is 0 Å². The van der Waals surface area contributed by atoms with Crippen molar-refractivity contribution in [3.05, 3.63) is 35.4 Å². The van der Waals surface area contributed by atoms with Crippen LogP contribution >= 0.6 is 0 Å². The topological polar surface area (TPSA) is 38.0 Å². The number of hydrogen-bond acceptors (Lipinski definition) is 2. The lowest BCUT2D eigenvalue weighted by atomic mass is 9.79. The minimum absolute atomic E-state index is 0.216. The Morgan fingerprint density at radius 2 is 1.79 bits per heavy atom. The summed E-state index contributed by atoms with van der Waals surface area (Å²) in [5, 5.41) is 3.38. The summed E-state index contributed by atoms with van der Waals surface area (Å²) in [7, 11) is 2.07. The predicted molar refractivity (Wildman–Crippen MR) is 82.2 cm³/mol. The van der Waals surface area contributed by atoms with Gasteiger partial charge < -0.3 is 11.1 Å². The van der Waals surface area contributed by atoms with Crippen LogP contribution in [0, 0.1) is 5.92 Å². The summed E-state index contributed by atoms with van der Waals surface area (Å²) in [6.45, 7) is 2.22. The summed E-state index contributed by atoms with van der Waals surface area (Å²) in [5.74, 6) is 0.654. The molecule has 0 aliphatic heterocycles. The molecule has 1 unspecified atom stereocenters. The van der Waals surface area contributed by atoms with Crippen LogP contribution in [0.25, 0.3) is 0 Å². The fourth-order valence-electron chi connectivity index (χ4n) is 3.23. The summed E-state index contributed by atoms with van der Waals surface area (Å²) in [4.78, 5) is 0. The average Bonchev–Trinajstić information content (AvgIpc) is 2.48. The molecule has 1 saturated carbocycles. The highest BCUT2D eigenvalue weighted by Crippen LogP contribution is 2.33. The summed E-state index contributed by atoms with van der Waals surface area (Å²) < 4.78 is 0. The molecule has 0 heterocycles. The van der Waals surface area contributed by atoms with Crippen LogP contribution in [0.2, 0.25) is 0 Å². The van der Waals surface area contributed by atoms with E-state index in [1.807, 2.05) is 0 Å². The van der Waals surface area contributed by atoms with E-state index in [1.54, 1.807) is 0 Å². The number of benzene rings is 1. The van der Waals surface area contributed by atoms with E-state index < -0.39 is 0 Å². The number of aryl methyl sites for hydroxylation is 1. The normalized spacial score (nSPS) is 25.2. The molecule has 2 nitrogen and oxygen atoms in total. The molecule has 106 valence electrons. The highest BCUT2D eigenvalue weighted by Gasteiger charge is 2.25. The van der Waals surface area contributed by atoms with Gasteiger partial charge in [0.1, 0.15) is 0 Å².